The van der Waals surface area contributed by atoms with E-state index >= 15 is 0 Å². The van der Waals surface area contributed by atoms with Gasteiger partial charge in [0.25, 0.3) is 0 Å². The van der Waals surface area contributed by atoms with Gasteiger partial charge in [-0.2, -0.15) is 0 Å². The summed E-state index contributed by atoms with van der Waals surface area (Å²) < 4.78 is 0. The van der Waals surface area contributed by atoms with Crippen LogP contribution in [0.15, 0.2) is 35.9 Å². The van der Waals surface area contributed by atoms with Gasteiger partial charge < -0.3 is 5.32 Å². The van der Waals surface area contributed by atoms with Crippen LogP contribution in [-0.4, -0.2) is 5.91 Å². The Morgan fingerprint density at radius 2 is 1.93 bits per heavy atom. The van der Waals surface area contributed by atoms with E-state index in [-0.39, 0.29) is 5.91 Å². The number of carbonyl (C=O) groups is 1. The molecule has 0 aromatic heterocycles. The van der Waals surface area contributed by atoms with Crippen LogP contribution in [0, 0.1) is 0 Å². The number of amides is 1. The van der Waals surface area contributed by atoms with Crippen molar-refractivity contribution in [2.24, 2.45) is 0 Å². The second-order valence-electron chi connectivity index (χ2n) is 3.82. The van der Waals surface area contributed by atoms with Crippen LogP contribution in [0.25, 0.3) is 0 Å². The van der Waals surface area contributed by atoms with Crippen LogP contribution in [0.4, 0.5) is 5.69 Å². The average Bonchev–Trinajstić information content (AvgIpc) is 2.15. The second-order valence-corrected chi connectivity index (χ2v) is 3.82. The van der Waals surface area contributed by atoms with E-state index in [1.54, 1.807) is 0 Å². The number of allylic oxidation sites excluding steroid dienone is 2. The summed E-state index contributed by atoms with van der Waals surface area (Å²) in [5.74, 6) is -0.0281. The van der Waals surface area contributed by atoms with E-state index in [1.165, 1.54) is 12.5 Å². The van der Waals surface area contributed by atoms with Gasteiger partial charge in [-0.3, -0.25) is 4.79 Å². The molecule has 0 radical (unpaired) electrons. The predicted octanol–water partition coefficient (Wildman–Crippen LogP) is 3.15. The summed E-state index contributed by atoms with van der Waals surface area (Å²) in [5, 5.41) is 2.83. The Hall–Kier alpha value is -1.57. The first-order valence-electron chi connectivity index (χ1n) is 5.08. The molecule has 1 aromatic carbocycles. The van der Waals surface area contributed by atoms with E-state index in [9.17, 15) is 4.79 Å². The van der Waals surface area contributed by atoms with Crippen molar-refractivity contribution in [3.05, 3.63) is 41.5 Å². The number of rotatable bonds is 3. The van der Waals surface area contributed by atoms with Crippen LogP contribution in [0.1, 0.15) is 26.3 Å². The van der Waals surface area contributed by atoms with E-state index in [0.717, 1.165) is 17.7 Å². The van der Waals surface area contributed by atoms with Crippen molar-refractivity contribution in [3.8, 4) is 0 Å². The van der Waals surface area contributed by atoms with Gasteiger partial charge in [0, 0.05) is 12.6 Å². The monoisotopic (exact) mass is 203 g/mol. The SMILES string of the molecule is CC(=O)Nc1ccccc1CC=C(C)C. The lowest BCUT2D eigenvalue weighted by Crippen LogP contribution is -2.07. The maximum atomic E-state index is 11.0. The van der Waals surface area contributed by atoms with Crippen molar-refractivity contribution < 1.29 is 4.79 Å². The van der Waals surface area contributed by atoms with Gasteiger partial charge >= 0.3 is 0 Å². The normalized spacial score (nSPS) is 9.53. The molecule has 0 bridgehead atoms. The molecule has 0 unspecified atom stereocenters. The minimum Gasteiger partial charge on any atom is -0.326 e. The molecule has 80 valence electrons. The molecular formula is C13H17NO. The standard InChI is InChI=1S/C13H17NO/c1-10(2)8-9-12-6-4-5-7-13(12)14-11(3)15/h4-8H,9H2,1-3H3,(H,14,15). The van der Waals surface area contributed by atoms with Gasteiger partial charge in [0.1, 0.15) is 0 Å². The van der Waals surface area contributed by atoms with Gasteiger partial charge in [-0.25, -0.2) is 0 Å². The zero-order valence-corrected chi connectivity index (χ0v) is 9.50. The molecule has 2 heteroatoms. The summed E-state index contributed by atoms with van der Waals surface area (Å²) in [5.41, 5.74) is 3.34. The number of hydrogen-bond donors (Lipinski definition) is 1. The summed E-state index contributed by atoms with van der Waals surface area (Å²) in [6.07, 6.45) is 3.01. The lowest BCUT2D eigenvalue weighted by atomic mass is 10.1. The highest BCUT2D eigenvalue weighted by atomic mass is 16.1. The first-order chi connectivity index (χ1) is 7.09. The zero-order chi connectivity index (χ0) is 11.3. The van der Waals surface area contributed by atoms with Crippen LogP contribution in [-0.2, 0) is 11.2 Å². The molecule has 0 aliphatic rings. The average molecular weight is 203 g/mol. The molecule has 1 amide bonds. The topological polar surface area (TPSA) is 29.1 Å². The van der Waals surface area contributed by atoms with Gasteiger partial charge in [0.05, 0.1) is 0 Å². The minimum atomic E-state index is -0.0281. The van der Waals surface area contributed by atoms with Crippen LogP contribution in [0.5, 0.6) is 0 Å². The number of carbonyl (C=O) groups excluding carboxylic acids is 1. The van der Waals surface area contributed by atoms with Gasteiger partial charge in [0.15, 0.2) is 0 Å². The Morgan fingerprint density at radius 3 is 2.53 bits per heavy atom. The Balaban J connectivity index is 2.86. The molecule has 0 fully saturated rings. The molecule has 0 saturated carbocycles. The number of nitrogens with one attached hydrogen (secondary N) is 1. The number of anilines is 1. The first-order valence-corrected chi connectivity index (χ1v) is 5.08. The van der Waals surface area contributed by atoms with Crippen molar-refractivity contribution in [1.29, 1.82) is 0 Å². The van der Waals surface area contributed by atoms with Crippen molar-refractivity contribution in [2.75, 3.05) is 5.32 Å². The smallest absolute Gasteiger partial charge is 0.221 e. The van der Waals surface area contributed by atoms with Gasteiger partial charge in [-0.05, 0) is 31.9 Å². The van der Waals surface area contributed by atoms with Crippen molar-refractivity contribution in [3.63, 3.8) is 0 Å². The molecular weight excluding hydrogens is 186 g/mol. The van der Waals surface area contributed by atoms with Crippen molar-refractivity contribution in [1.82, 2.24) is 0 Å². The van der Waals surface area contributed by atoms with Crippen LogP contribution in [0.2, 0.25) is 0 Å². The van der Waals surface area contributed by atoms with E-state index < -0.39 is 0 Å². The van der Waals surface area contributed by atoms with E-state index in [1.807, 2.05) is 24.3 Å². The minimum absolute atomic E-state index is 0.0281. The molecule has 0 aliphatic carbocycles. The third kappa shape index (κ3) is 3.98. The maximum absolute atomic E-state index is 11.0. The second kappa shape index (κ2) is 5.35. The fourth-order valence-electron chi connectivity index (χ4n) is 1.32. The van der Waals surface area contributed by atoms with Crippen molar-refractivity contribution in [2.45, 2.75) is 27.2 Å². The third-order valence-electron chi connectivity index (χ3n) is 2.06. The quantitative estimate of drug-likeness (QED) is 0.751. The van der Waals surface area contributed by atoms with Gasteiger partial charge in [0.2, 0.25) is 5.91 Å². The van der Waals surface area contributed by atoms with Gasteiger partial charge in [-0.15, -0.1) is 0 Å². The van der Waals surface area contributed by atoms with E-state index in [2.05, 4.69) is 25.2 Å². The summed E-state index contributed by atoms with van der Waals surface area (Å²) in [7, 11) is 0. The van der Waals surface area contributed by atoms with Crippen LogP contribution >= 0.6 is 0 Å². The van der Waals surface area contributed by atoms with Crippen molar-refractivity contribution >= 4 is 11.6 Å². The predicted molar refractivity (Wildman–Crippen MR) is 63.9 cm³/mol. The largest absolute Gasteiger partial charge is 0.326 e. The summed E-state index contributed by atoms with van der Waals surface area (Å²) in [4.78, 5) is 11.0. The van der Waals surface area contributed by atoms with Crippen LogP contribution < -0.4 is 5.32 Å². The molecule has 0 atom stereocenters. The number of benzene rings is 1. The molecule has 1 rings (SSSR count). The molecule has 1 N–H and O–H groups in total. The first kappa shape index (κ1) is 11.5. The molecule has 15 heavy (non-hydrogen) atoms. The maximum Gasteiger partial charge on any atom is 0.221 e. The highest BCUT2D eigenvalue weighted by molar-refractivity contribution is 5.89. The fourth-order valence-corrected chi connectivity index (χ4v) is 1.32. The van der Waals surface area contributed by atoms with Gasteiger partial charge in [-0.1, -0.05) is 29.8 Å². The third-order valence-corrected chi connectivity index (χ3v) is 2.06. The Bertz CT molecular complexity index is 376. The Kier molecular flexibility index (Phi) is 4.10. The lowest BCUT2D eigenvalue weighted by Gasteiger charge is -2.07. The number of hydrogen-bond acceptors (Lipinski definition) is 1. The fraction of sp³-hybridized carbons (Fsp3) is 0.308. The van der Waals surface area contributed by atoms with Crippen LogP contribution in [0.3, 0.4) is 0 Å². The molecule has 0 heterocycles. The Morgan fingerprint density at radius 1 is 1.27 bits per heavy atom. The number of para-hydroxylation sites is 1. The summed E-state index contributed by atoms with van der Waals surface area (Å²) >= 11 is 0. The van der Waals surface area contributed by atoms with E-state index in [0.29, 0.717) is 0 Å². The highest BCUT2D eigenvalue weighted by Crippen LogP contribution is 2.16. The molecule has 0 aliphatic heterocycles. The zero-order valence-electron chi connectivity index (χ0n) is 9.50. The molecule has 1 aromatic rings. The summed E-state index contributed by atoms with van der Waals surface area (Å²) in [6, 6.07) is 7.87. The lowest BCUT2D eigenvalue weighted by molar-refractivity contribution is -0.114. The molecule has 2 nitrogen and oxygen atoms in total. The Labute approximate surface area is 91.0 Å². The molecule has 0 saturated heterocycles. The molecule has 0 spiro atoms. The highest BCUT2D eigenvalue weighted by Gasteiger charge is 2.00. The van der Waals surface area contributed by atoms with E-state index in [4.69, 9.17) is 0 Å². The summed E-state index contributed by atoms with van der Waals surface area (Å²) in [6.45, 7) is 5.67.